The molecular weight excluding hydrogens is 284 g/mol. The Morgan fingerprint density at radius 1 is 1.33 bits per heavy atom. The van der Waals surface area contributed by atoms with E-state index in [1.165, 1.54) is 19.3 Å². The predicted octanol–water partition coefficient (Wildman–Crippen LogP) is 2.41. The van der Waals surface area contributed by atoms with Crippen LogP contribution in [0.4, 0.5) is 0 Å². The molecule has 0 bridgehead atoms. The second-order valence-electron chi connectivity index (χ2n) is 4.92. The third kappa shape index (κ3) is 7.04. The van der Waals surface area contributed by atoms with Gasteiger partial charge in [0.2, 0.25) is 0 Å². The lowest BCUT2D eigenvalue weighted by Gasteiger charge is -2.17. The van der Waals surface area contributed by atoms with Gasteiger partial charge in [-0.05, 0) is 36.7 Å². The van der Waals surface area contributed by atoms with Crippen LogP contribution in [0.2, 0.25) is 0 Å². The average Bonchev–Trinajstić information content (AvgIpc) is 2.53. The minimum absolute atomic E-state index is 0.308. The number of pyridine rings is 1. The first-order valence-corrected chi connectivity index (χ1v) is 7.83. The van der Waals surface area contributed by atoms with Crippen LogP contribution in [-0.2, 0) is 0 Å². The Kier molecular flexibility index (Phi) is 8.35. The Morgan fingerprint density at radius 2 is 2.14 bits per heavy atom. The number of unbranched alkanes of at least 4 members (excludes halogenated alkanes) is 1. The van der Waals surface area contributed by atoms with E-state index in [9.17, 15) is 4.79 Å². The lowest BCUT2D eigenvalue weighted by atomic mass is 9.99. The van der Waals surface area contributed by atoms with Crippen molar-refractivity contribution in [2.75, 3.05) is 6.54 Å². The zero-order chi connectivity index (χ0) is 15.5. The number of aromatic nitrogens is 1. The minimum Gasteiger partial charge on any atom is -0.361 e. The zero-order valence-corrected chi connectivity index (χ0v) is 13.5. The summed E-state index contributed by atoms with van der Waals surface area (Å²) in [6.07, 6.45) is 6.33. The van der Waals surface area contributed by atoms with Crippen LogP contribution >= 0.6 is 12.2 Å². The number of carbonyl (C=O) groups is 1. The molecule has 0 aliphatic rings. The standard InChI is InChI=1S/C15H24N4OS/c1-3-5-8-12(4-2)11-17-15(21)19-18-14(20)13-9-6-7-10-16-13/h6-7,9-10,12H,3-5,8,11H2,1-2H3,(H,18,20)(H2,17,19,21)/t12-/m1/s1. The third-order valence-corrected chi connectivity index (χ3v) is 3.53. The van der Waals surface area contributed by atoms with E-state index >= 15 is 0 Å². The van der Waals surface area contributed by atoms with E-state index < -0.39 is 0 Å². The summed E-state index contributed by atoms with van der Waals surface area (Å²) in [5.74, 6) is 0.300. The van der Waals surface area contributed by atoms with Crippen molar-refractivity contribution in [2.24, 2.45) is 5.92 Å². The van der Waals surface area contributed by atoms with E-state index in [1.807, 2.05) is 0 Å². The number of hydrogen-bond acceptors (Lipinski definition) is 3. The summed E-state index contributed by atoms with van der Waals surface area (Å²) in [4.78, 5) is 15.7. The molecule has 0 radical (unpaired) electrons. The number of nitrogens with one attached hydrogen (secondary N) is 3. The molecule has 1 heterocycles. The number of hydrogen-bond donors (Lipinski definition) is 3. The van der Waals surface area contributed by atoms with E-state index in [1.54, 1.807) is 24.4 Å². The molecule has 1 aromatic heterocycles. The maximum absolute atomic E-state index is 11.8. The van der Waals surface area contributed by atoms with Crippen LogP contribution in [0, 0.1) is 5.92 Å². The molecule has 0 saturated heterocycles. The Bertz CT molecular complexity index is 439. The highest BCUT2D eigenvalue weighted by Crippen LogP contribution is 2.10. The third-order valence-electron chi connectivity index (χ3n) is 3.28. The highest BCUT2D eigenvalue weighted by atomic mass is 32.1. The molecule has 0 spiro atoms. The number of nitrogens with zero attached hydrogens (tertiary/aromatic N) is 1. The van der Waals surface area contributed by atoms with Crippen molar-refractivity contribution in [3.63, 3.8) is 0 Å². The van der Waals surface area contributed by atoms with Gasteiger partial charge in [0, 0.05) is 12.7 Å². The van der Waals surface area contributed by atoms with Gasteiger partial charge < -0.3 is 5.32 Å². The summed E-state index contributed by atoms with van der Waals surface area (Å²) in [5, 5.41) is 3.56. The van der Waals surface area contributed by atoms with Crippen LogP contribution in [0.15, 0.2) is 24.4 Å². The van der Waals surface area contributed by atoms with E-state index in [-0.39, 0.29) is 5.91 Å². The minimum atomic E-state index is -0.308. The number of hydrazine groups is 1. The number of rotatable bonds is 7. The topological polar surface area (TPSA) is 66.0 Å². The summed E-state index contributed by atoms with van der Waals surface area (Å²) >= 11 is 5.14. The normalized spacial score (nSPS) is 11.5. The molecule has 0 saturated carbocycles. The fourth-order valence-electron chi connectivity index (χ4n) is 1.90. The van der Waals surface area contributed by atoms with Crippen LogP contribution in [0.5, 0.6) is 0 Å². The maximum atomic E-state index is 11.8. The van der Waals surface area contributed by atoms with Gasteiger partial charge in [0.05, 0.1) is 0 Å². The van der Waals surface area contributed by atoms with Gasteiger partial charge in [-0.25, -0.2) is 0 Å². The first kappa shape index (κ1) is 17.4. The molecule has 5 nitrogen and oxygen atoms in total. The van der Waals surface area contributed by atoms with Gasteiger partial charge in [0.25, 0.3) is 5.91 Å². The molecule has 0 unspecified atom stereocenters. The highest BCUT2D eigenvalue weighted by Gasteiger charge is 2.08. The smallest absolute Gasteiger partial charge is 0.288 e. The summed E-state index contributed by atoms with van der Waals surface area (Å²) in [6, 6.07) is 5.17. The fraction of sp³-hybridized carbons (Fsp3) is 0.533. The van der Waals surface area contributed by atoms with Crippen molar-refractivity contribution in [2.45, 2.75) is 39.5 Å². The predicted molar refractivity (Wildman–Crippen MR) is 88.7 cm³/mol. The molecule has 0 aliphatic heterocycles. The summed E-state index contributed by atoms with van der Waals surface area (Å²) < 4.78 is 0. The molecule has 1 atom stereocenters. The molecular formula is C15H24N4OS. The van der Waals surface area contributed by atoms with Crippen molar-refractivity contribution in [3.8, 4) is 0 Å². The Labute approximate surface area is 131 Å². The van der Waals surface area contributed by atoms with Crippen LogP contribution in [0.1, 0.15) is 50.0 Å². The van der Waals surface area contributed by atoms with E-state index in [0.29, 0.717) is 16.7 Å². The Balaban J connectivity index is 2.26. The summed E-state index contributed by atoms with van der Waals surface area (Å²) in [7, 11) is 0. The van der Waals surface area contributed by atoms with Gasteiger partial charge in [-0.2, -0.15) is 0 Å². The van der Waals surface area contributed by atoms with E-state index in [4.69, 9.17) is 12.2 Å². The van der Waals surface area contributed by atoms with Gasteiger partial charge in [0.15, 0.2) is 5.11 Å². The largest absolute Gasteiger partial charge is 0.361 e. The SMILES string of the molecule is CCCC[C@@H](CC)CNC(=S)NNC(=O)c1ccccn1. The van der Waals surface area contributed by atoms with Gasteiger partial charge in [0.1, 0.15) is 5.69 Å². The molecule has 0 aromatic carbocycles. The molecule has 0 fully saturated rings. The maximum Gasteiger partial charge on any atom is 0.288 e. The van der Waals surface area contributed by atoms with Crippen molar-refractivity contribution in [3.05, 3.63) is 30.1 Å². The second kappa shape index (κ2) is 10.1. The first-order chi connectivity index (χ1) is 10.2. The second-order valence-corrected chi connectivity index (χ2v) is 5.33. The first-order valence-electron chi connectivity index (χ1n) is 7.42. The molecule has 1 rings (SSSR count). The molecule has 1 amide bonds. The van der Waals surface area contributed by atoms with Gasteiger partial charge in [-0.1, -0.05) is 39.2 Å². The number of thiocarbonyl (C=S) groups is 1. The molecule has 116 valence electrons. The van der Waals surface area contributed by atoms with Gasteiger partial charge in [-0.15, -0.1) is 0 Å². The van der Waals surface area contributed by atoms with Crippen LogP contribution in [0.25, 0.3) is 0 Å². The van der Waals surface area contributed by atoms with Crippen molar-refractivity contribution in [1.29, 1.82) is 0 Å². The Morgan fingerprint density at radius 3 is 2.76 bits per heavy atom. The molecule has 21 heavy (non-hydrogen) atoms. The molecule has 6 heteroatoms. The van der Waals surface area contributed by atoms with Crippen LogP contribution in [-0.4, -0.2) is 22.5 Å². The van der Waals surface area contributed by atoms with Gasteiger partial charge >= 0.3 is 0 Å². The summed E-state index contributed by atoms with van der Waals surface area (Å²) in [5.41, 5.74) is 5.57. The molecule has 0 aliphatic carbocycles. The Hall–Kier alpha value is -1.69. The highest BCUT2D eigenvalue weighted by molar-refractivity contribution is 7.80. The monoisotopic (exact) mass is 308 g/mol. The fourth-order valence-corrected chi connectivity index (χ4v) is 2.03. The number of amides is 1. The number of carbonyl (C=O) groups excluding carboxylic acids is 1. The van der Waals surface area contributed by atoms with E-state index in [0.717, 1.165) is 13.0 Å². The van der Waals surface area contributed by atoms with Gasteiger partial charge in [-0.3, -0.25) is 20.6 Å². The van der Waals surface area contributed by atoms with Crippen molar-refractivity contribution < 1.29 is 4.79 Å². The van der Waals surface area contributed by atoms with Crippen molar-refractivity contribution >= 4 is 23.2 Å². The van der Waals surface area contributed by atoms with Crippen LogP contribution in [0.3, 0.4) is 0 Å². The average molecular weight is 308 g/mol. The quantitative estimate of drug-likeness (QED) is 0.533. The van der Waals surface area contributed by atoms with E-state index in [2.05, 4.69) is 35.0 Å². The summed E-state index contributed by atoms with van der Waals surface area (Å²) in [6.45, 7) is 5.20. The zero-order valence-electron chi connectivity index (χ0n) is 12.7. The molecule has 1 aromatic rings. The van der Waals surface area contributed by atoms with Crippen LogP contribution < -0.4 is 16.2 Å². The lowest BCUT2D eigenvalue weighted by Crippen LogP contribution is -2.47. The van der Waals surface area contributed by atoms with Crippen molar-refractivity contribution in [1.82, 2.24) is 21.2 Å². The molecule has 3 N–H and O–H groups in total. The lowest BCUT2D eigenvalue weighted by molar-refractivity contribution is 0.0938.